The predicted octanol–water partition coefficient (Wildman–Crippen LogP) is 1.87. The fourth-order valence-corrected chi connectivity index (χ4v) is 2.25. The number of rotatable bonds is 2. The Balaban J connectivity index is 1.83. The van der Waals surface area contributed by atoms with Gasteiger partial charge in [0.15, 0.2) is 0 Å². The van der Waals surface area contributed by atoms with Crippen molar-refractivity contribution < 1.29 is 8.91 Å². The van der Waals surface area contributed by atoms with Gasteiger partial charge >= 0.3 is 0 Å². The van der Waals surface area contributed by atoms with Gasteiger partial charge in [0.2, 0.25) is 11.7 Å². The molecule has 2 atom stereocenters. The molecule has 2 heterocycles. The molecular formula is C12H13FN4O. The van der Waals surface area contributed by atoms with Crippen molar-refractivity contribution in [3.63, 3.8) is 0 Å². The van der Waals surface area contributed by atoms with Gasteiger partial charge < -0.3 is 10.3 Å². The Bertz CT molecular complexity index is 539. The van der Waals surface area contributed by atoms with Crippen molar-refractivity contribution >= 4 is 0 Å². The first-order chi connectivity index (χ1) is 8.72. The fourth-order valence-electron chi connectivity index (χ4n) is 2.25. The zero-order valence-electron chi connectivity index (χ0n) is 9.71. The Labute approximate surface area is 103 Å². The van der Waals surface area contributed by atoms with E-state index < -0.39 is 0 Å². The molecule has 94 valence electrons. The molecule has 1 aliphatic rings. The second-order valence-electron chi connectivity index (χ2n) is 4.59. The third kappa shape index (κ3) is 2.11. The highest BCUT2D eigenvalue weighted by Gasteiger charge is 2.28. The summed E-state index contributed by atoms with van der Waals surface area (Å²) in [6.45, 7) is 0. The van der Waals surface area contributed by atoms with Crippen LogP contribution < -0.4 is 5.73 Å². The van der Waals surface area contributed by atoms with Gasteiger partial charge in [-0.05, 0) is 31.4 Å². The summed E-state index contributed by atoms with van der Waals surface area (Å²) in [5.74, 6) is 0.848. The number of pyridine rings is 1. The third-order valence-corrected chi connectivity index (χ3v) is 3.22. The lowest BCUT2D eigenvalue weighted by Crippen LogP contribution is -2.14. The smallest absolute Gasteiger partial charge is 0.230 e. The zero-order chi connectivity index (χ0) is 12.5. The van der Waals surface area contributed by atoms with Gasteiger partial charge in [0.05, 0.1) is 6.20 Å². The molecule has 1 saturated carbocycles. The maximum atomic E-state index is 12.8. The van der Waals surface area contributed by atoms with Crippen LogP contribution in [0.1, 0.15) is 31.1 Å². The monoisotopic (exact) mass is 248 g/mol. The van der Waals surface area contributed by atoms with E-state index in [0.717, 1.165) is 25.5 Å². The molecule has 0 bridgehead atoms. The number of aromatic nitrogens is 3. The van der Waals surface area contributed by atoms with E-state index in [1.807, 2.05) is 0 Å². The number of halogens is 1. The SMILES string of the molecule is N[C@H]1CC[C@@H](c2nc(-c3ccc(F)cn3)no2)C1. The van der Waals surface area contributed by atoms with Crippen molar-refractivity contribution in [2.75, 3.05) is 0 Å². The van der Waals surface area contributed by atoms with E-state index in [-0.39, 0.29) is 17.8 Å². The molecule has 1 fully saturated rings. The fraction of sp³-hybridized carbons (Fsp3) is 0.417. The summed E-state index contributed by atoms with van der Waals surface area (Å²) in [7, 11) is 0. The number of hydrogen-bond donors (Lipinski definition) is 1. The number of nitrogens with two attached hydrogens (primary N) is 1. The van der Waals surface area contributed by atoms with Gasteiger partial charge in [0, 0.05) is 12.0 Å². The molecule has 18 heavy (non-hydrogen) atoms. The highest BCUT2D eigenvalue weighted by Crippen LogP contribution is 2.33. The molecule has 0 amide bonds. The second-order valence-corrected chi connectivity index (χ2v) is 4.59. The minimum absolute atomic E-state index is 0.217. The molecule has 0 aromatic carbocycles. The van der Waals surface area contributed by atoms with E-state index in [1.165, 1.54) is 12.1 Å². The summed E-state index contributed by atoms with van der Waals surface area (Å²) >= 11 is 0. The number of hydrogen-bond acceptors (Lipinski definition) is 5. The van der Waals surface area contributed by atoms with Crippen molar-refractivity contribution in [2.45, 2.75) is 31.2 Å². The lowest BCUT2D eigenvalue weighted by Gasteiger charge is -2.01. The van der Waals surface area contributed by atoms with E-state index in [4.69, 9.17) is 10.3 Å². The molecule has 1 aliphatic carbocycles. The molecule has 2 N–H and O–H groups in total. The quantitative estimate of drug-likeness (QED) is 0.877. The van der Waals surface area contributed by atoms with Crippen molar-refractivity contribution in [3.05, 3.63) is 30.0 Å². The van der Waals surface area contributed by atoms with E-state index in [0.29, 0.717) is 17.4 Å². The standard InChI is InChI=1S/C12H13FN4O/c13-8-2-4-10(15-6-8)11-16-12(18-17-11)7-1-3-9(14)5-7/h2,4,6-7,9H,1,3,5,14H2/t7-,9+/m1/s1. The highest BCUT2D eigenvalue weighted by atomic mass is 19.1. The Morgan fingerprint density at radius 1 is 1.33 bits per heavy atom. The molecule has 3 rings (SSSR count). The van der Waals surface area contributed by atoms with Crippen LogP contribution in [0.5, 0.6) is 0 Å². The van der Waals surface area contributed by atoms with E-state index in [1.54, 1.807) is 0 Å². The minimum Gasteiger partial charge on any atom is -0.339 e. The average Bonchev–Trinajstić information content (AvgIpc) is 2.98. The van der Waals surface area contributed by atoms with Crippen LogP contribution in [0.25, 0.3) is 11.5 Å². The van der Waals surface area contributed by atoms with Gasteiger partial charge in [-0.15, -0.1) is 0 Å². The Kier molecular flexibility index (Phi) is 2.79. The summed E-state index contributed by atoms with van der Waals surface area (Å²) in [6.07, 6.45) is 3.96. The normalized spacial score (nSPS) is 23.4. The van der Waals surface area contributed by atoms with Crippen LogP contribution in [0.3, 0.4) is 0 Å². The number of nitrogens with zero attached hydrogens (tertiary/aromatic N) is 3. The largest absolute Gasteiger partial charge is 0.339 e. The molecule has 0 aliphatic heterocycles. The predicted molar refractivity (Wildman–Crippen MR) is 62.1 cm³/mol. The first-order valence-electron chi connectivity index (χ1n) is 5.93. The van der Waals surface area contributed by atoms with Gasteiger partial charge in [-0.3, -0.25) is 0 Å². The van der Waals surface area contributed by atoms with Crippen LogP contribution in [-0.2, 0) is 0 Å². The molecule has 5 nitrogen and oxygen atoms in total. The second kappa shape index (κ2) is 4.45. The summed E-state index contributed by atoms with van der Waals surface area (Å²) in [5, 5.41) is 3.87. The maximum Gasteiger partial charge on any atom is 0.230 e. The van der Waals surface area contributed by atoms with Crippen molar-refractivity contribution in [1.29, 1.82) is 0 Å². The topological polar surface area (TPSA) is 77.8 Å². The summed E-state index contributed by atoms with van der Waals surface area (Å²) in [6, 6.07) is 3.07. The summed E-state index contributed by atoms with van der Waals surface area (Å²) in [4.78, 5) is 8.23. The zero-order valence-corrected chi connectivity index (χ0v) is 9.71. The van der Waals surface area contributed by atoms with E-state index in [9.17, 15) is 4.39 Å². The van der Waals surface area contributed by atoms with Gasteiger partial charge in [-0.1, -0.05) is 5.16 Å². The van der Waals surface area contributed by atoms with Crippen molar-refractivity contribution in [2.24, 2.45) is 5.73 Å². The van der Waals surface area contributed by atoms with Crippen molar-refractivity contribution in [1.82, 2.24) is 15.1 Å². The van der Waals surface area contributed by atoms with Crippen LogP contribution in [0.15, 0.2) is 22.9 Å². The first-order valence-corrected chi connectivity index (χ1v) is 5.93. The van der Waals surface area contributed by atoms with Crippen LogP contribution in [0.4, 0.5) is 4.39 Å². The molecule has 2 aromatic heterocycles. The third-order valence-electron chi connectivity index (χ3n) is 3.22. The lowest BCUT2D eigenvalue weighted by molar-refractivity contribution is 0.353. The van der Waals surface area contributed by atoms with Gasteiger partial charge in [-0.25, -0.2) is 9.37 Å². The molecule has 0 radical (unpaired) electrons. The van der Waals surface area contributed by atoms with Gasteiger partial charge in [0.25, 0.3) is 0 Å². The van der Waals surface area contributed by atoms with Crippen LogP contribution in [0.2, 0.25) is 0 Å². The van der Waals surface area contributed by atoms with Crippen molar-refractivity contribution in [3.8, 4) is 11.5 Å². The average molecular weight is 248 g/mol. The Hall–Kier alpha value is -1.82. The summed E-state index contributed by atoms with van der Waals surface area (Å²) in [5.41, 5.74) is 6.36. The minimum atomic E-state index is -0.385. The molecular weight excluding hydrogens is 235 g/mol. The molecule has 6 heteroatoms. The molecule has 0 spiro atoms. The molecule has 0 saturated heterocycles. The van der Waals surface area contributed by atoms with Crippen LogP contribution in [-0.4, -0.2) is 21.2 Å². The first kappa shape index (κ1) is 11.3. The van der Waals surface area contributed by atoms with Gasteiger partial charge in [0.1, 0.15) is 11.5 Å². The highest BCUT2D eigenvalue weighted by molar-refractivity contribution is 5.47. The maximum absolute atomic E-state index is 12.8. The molecule has 2 aromatic rings. The Morgan fingerprint density at radius 2 is 2.22 bits per heavy atom. The van der Waals surface area contributed by atoms with Crippen LogP contribution in [0, 0.1) is 5.82 Å². The van der Waals surface area contributed by atoms with Crippen LogP contribution >= 0.6 is 0 Å². The summed E-state index contributed by atoms with van der Waals surface area (Å²) < 4.78 is 18.0. The van der Waals surface area contributed by atoms with E-state index in [2.05, 4.69) is 15.1 Å². The van der Waals surface area contributed by atoms with E-state index >= 15 is 0 Å². The Morgan fingerprint density at radius 3 is 2.89 bits per heavy atom. The lowest BCUT2D eigenvalue weighted by atomic mass is 10.1. The molecule has 0 unspecified atom stereocenters. The van der Waals surface area contributed by atoms with Gasteiger partial charge in [-0.2, -0.15) is 4.98 Å².